The number of nitrogens with two attached hydrogens (primary N) is 1. The third kappa shape index (κ3) is 22.6. The Morgan fingerprint density at radius 3 is 0.983 bits per heavy atom. The maximum Gasteiger partial charge on any atom is 0.238 e. The van der Waals surface area contributed by atoms with Crippen LogP contribution >= 0.6 is 35.3 Å². The van der Waals surface area contributed by atoms with Crippen molar-refractivity contribution < 1.29 is 31.0 Å². The molecular weight excluding hydrogens is 1540 g/mol. The maximum atomic E-state index is 11.7. The van der Waals surface area contributed by atoms with E-state index >= 15 is 0 Å². The summed E-state index contributed by atoms with van der Waals surface area (Å²) in [4.78, 5) is 39.8. The van der Waals surface area contributed by atoms with Gasteiger partial charge in [0.2, 0.25) is 35.5 Å². The molecule has 3 fully saturated rings. The highest BCUT2D eigenvalue weighted by Crippen LogP contribution is 2.44. The molecule has 5 N–H and O–H groups in total. The van der Waals surface area contributed by atoms with Gasteiger partial charge in [-0.25, -0.2) is 31.8 Å². The fourth-order valence-corrected chi connectivity index (χ4v) is 19.8. The first-order valence-electron chi connectivity index (χ1n) is 39.4. The molecule has 0 spiro atoms. The highest BCUT2D eigenvalue weighted by molar-refractivity contribution is 8.00. The smallest absolute Gasteiger partial charge is 0.238 e. The number of hydrogen-bond donors (Lipinski definition) is 4. The number of piperidine rings is 3. The van der Waals surface area contributed by atoms with E-state index in [-0.39, 0.29) is 17.8 Å². The molecule has 6 aliphatic heterocycles. The van der Waals surface area contributed by atoms with Crippen molar-refractivity contribution >= 4 is 78.5 Å². The van der Waals surface area contributed by atoms with Crippen LogP contribution in [0.1, 0.15) is 147 Å². The Balaban J connectivity index is 0.000000150. The summed E-state index contributed by atoms with van der Waals surface area (Å²) in [5, 5.41) is 38.6. The van der Waals surface area contributed by atoms with Crippen LogP contribution in [-0.4, -0.2) is 149 Å². The number of ether oxygens (including phenoxy) is 3. The SMILES string of the molecule is Cc1cc(C#N)cc(C)c1Oc1nc(NC2CCN(Cc3ccc(CS(C)(=O)=O)cc3)CC2)nc2c1SCCC2.Cc1cc(C#N)cc(C)c1Oc1nc(NC2CCN(Cc3ccc(N)cc3)CC2)nc2c1SCCC2.Cc1cc(C#N)cc(C)c1Oc1nc(NC2CCN(Cc3ccc(S(C)(=O)=O)cc3)CC2)nc2c1SCCC2. The van der Waals surface area contributed by atoms with E-state index in [1.807, 2.05) is 126 Å². The lowest BCUT2D eigenvalue weighted by Crippen LogP contribution is -2.39. The zero-order valence-corrected chi connectivity index (χ0v) is 70.7. The van der Waals surface area contributed by atoms with Crippen molar-refractivity contribution in [1.82, 2.24) is 44.6 Å². The van der Waals surface area contributed by atoms with E-state index in [4.69, 9.17) is 49.8 Å². The van der Waals surface area contributed by atoms with Gasteiger partial charge in [0.1, 0.15) is 17.2 Å². The fraction of sp³-hybridized carbons (Fsp3) is 0.414. The maximum absolute atomic E-state index is 11.7. The summed E-state index contributed by atoms with van der Waals surface area (Å²) in [6.07, 6.45) is 14.4. The van der Waals surface area contributed by atoms with Crippen molar-refractivity contribution in [3.05, 3.63) is 199 Å². The molecule has 0 unspecified atom stereocenters. The third-order valence-electron chi connectivity index (χ3n) is 21.3. The van der Waals surface area contributed by atoms with Gasteiger partial charge in [0, 0.05) is 95.2 Å². The van der Waals surface area contributed by atoms with Gasteiger partial charge in [-0.2, -0.15) is 30.7 Å². The molecule has 0 radical (unpaired) electrons. The summed E-state index contributed by atoms with van der Waals surface area (Å²) in [5.41, 5.74) is 21.6. The molecule has 0 bridgehead atoms. The summed E-state index contributed by atoms with van der Waals surface area (Å²) >= 11 is 5.25. The standard InChI is InChI=1S/C30H35N5O3S2.C29H33N5O3S2.C28H32N6OS/c1-20-15-24(17-31)16-21(2)27(20)38-29-28-26(5-4-14-39-28)33-30(34-29)32-25-10-12-35(13-11-25)18-22-6-8-23(9-7-22)19-40(3,36)37;1-19-15-22(17-30)16-20(2)26(19)37-28-27-25(5-4-14-38-27)32-29(33-28)31-23-10-12-34(13-11-23)18-21-6-8-24(9-7-21)39(3,35)36;1-18-14-21(16-29)15-19(2)25(18)35-27-26-24(4-3-13-36-26)32-28(33-27)31-23-9-11-34(12-10-23)17-20-5-7-22(30)8-6-20/h6-9,15-16,25H,4-5,10-14,18-19H2,1-3H3,(H,32,33,34);6-9,15-16,23H,4-5,10-14,18H2,1-3H3,(H,31,32,33);5-8,14-15,23H,3-4,9-13,17,30H2,1-2H3,(H,31,32,33). The average Bonchev–Trinajstić information content (AvgIpc) is 0.798. The summed E-state index contributed by atoms with van der Waals surface area (Å²) < 4.78 is 65.8. The van der Waals surface area contributed by atoms with Crippen LogP contribution in [0, 0.1) is 75.5 Å². The predicted octanol–water partition coefficient (Wildman–Crippen LogP) is 16.1. The first kappa shape index (κ1) is 83.4. The van der Waals surface area contributed by atoms with Crippen molar-refractivity contribution in [2.75, 3.05) is 90.7 Å². The predicted molar refractivity (Wildman–Crippen MR) is 457 cm³/mol. The van der Waals surface area contributed by atoms with Gasteiger partial charge < -0.3 is 35.9 Å². The van der Waals surface area contributed by atoms with Gasteiger partial charge in [-0.15, -0.1) is 35.3 Å². The van der Waals surface area contributed by atoms with Gasteiger partial charge in [-0.3, -0.25) is 14.7 Å². The highest BCUT2D eigenvalue weighted by Gasteiger charge is 2.30. The molecule has 0 amide bonds. The Bertz CT molecular complexity index is 5300. The van der Waals surface area contributed by atoms with Crippen molar-refractivity contribution in [3.8, 4) is 53.1 Å². The number of hydrogen-bond acceptors (Lipinski definition) is 26. The molecule has 6 aliphatic rings. The number of anilines is 4. The number of rotatable bonds is 21. The van der Waals surface area contributed by atoms with Crippen molar-refractivity contribution in [2.24, 2.45) is 0 Å². The molecule has 600 valence electrons. The van der Waals surface area contributed by atoms with Crippen molar-refractivity contribution in [2.45, 2.75) is 182 Å². The first-order chi connectivity index (χ1) is 55.3. The van der Waals surface area contributed by atoms with Crippen LogP contribution in [0.25, 0.3) is 0 Å². The monoisotopic (exact) mass is 1640 g/mol. The minimum Gasteiger partial charge on any atom is -0.437 e. The number of nitrogens with one attached hydrogen (secondary N) is 3. The summed E-state index contributed by atoms with van der Waals surface area (Å²) in [5.74, 6) is 9.04. The molecule has 0 saturated carbocycles. The zero-order valence-electron chi connectivity index (χ0n) is 66.6. The van der Waals surface area contributed by atoms with E-state index in [0.717, 1.165) is 252 Å². The number of aryl methyl sites for hydroxylation is 9. The molecular formula is C87H100N16O7S5. The largest absolute Gasteiger partial charge is 0.437 e. The Morgan fingerprint density at radius 1 is 0.426 bits per heavy atom. The van der Waals surface area contributed by atoms with Gasteiger partial charge in [0.15, 0.2) is 19.7 Å². The van der Waals surface area contributed by atoms with Gasteiger partial charge in [0.05, 0.1) is 77.3 Å². The Labute approximate surface area is 689 Å². The quantitative estimate of drug-likeness (QED) is 0.0486. The molecule has 0 aliphatic carbocycles. The molecule has 23 nitrogen and oxygen atoms in total. The number of fused-ring (bicyclic) bond motifs is 3. The molecule has 3 aromatic heterocycles. The lowest BCUT2D eigenvalue weighted by Gasteiger charge is -2.32. The van der Waals surface area contributed by atoms with Gasteiger partial charge >= 0.3 is 0 Å². The molecule has 28 heteroatoms. The van der Waals surface area contributed by atoms with Crippen LogP contribution in [0.5, 0.6) is 34.9 Å². The summed E-state index contributed by atoms with van der Waals surface area (Å²) in [7, 11) is -6.21. The van der Waals surface area contributed by atoms with Gasteiger partial charge in [0.25, 0.3) is 0 Å². The number of benzene rings is 6. The van der Waals surface area contributed by atoms with Crippen molar-refractivity contribution in [3.63, 3.8) is 0 Å². The zero-order chi connectivity index (χ0) is 80.9. The Hall–Kier alpha value is -9.54. The van der Waals surface area contributed by atoms with E-state index in [9.17, 15) is 32.6 Å². The number of aromatic nitrogens is 6. The number of likely N-dealkylation sites (tertiary alicyclic amines) is 3. The van der Waals surface area contributed by atoms with E-state index in [1.54, 1.807) is 47.4 Å². The van der Waals surface area contributed by atoms with Crippen LogP contribution < -0.4 is 35.9 Å². The highest BCUT2D eigenvalue weighted by atomic mass is 32.2. The summed E-state index contributed by atoms with van der Waals surface area (Å²) in [6.45, 7) is 20.2. The number of sulfone groups is 2. The fourth-order valence-electron chi connectivity index (χ4n) is 15.4. The minimum absolute atomic E-state index is 0.0766. The molecule has 9 aromatic rings. The number of thioether (sulfide) groups is 3. The topological polar surface area (TPSA) is 317 Å². The Kier molecular flexibility index (Phi) is 27.6. The molecule has 6 aromatic carbocycles. The lowest BCUT2D eigenvalue weighted by molar-refractivity contribution is 0.211. The second kappa shape index (κ2) is 38.0. The van der Waals surface area contributed by atoms with E-state index in [0.29, 0.717) is 63.1 Å². The first-order valence-corrected chi connectivity index (χ1v) is 46.3. The molecule has 115 heavy (non-hydrogen) atoms. The second-order valence-corrected chi connectivity index (χ2v) is 38.3. The average molecular weight is 1640 g/mol. The summed E-state index contributed by atoms with van der Waals surface area (Å²) in [6, 6.07) is 41.8. The number of nitriles is 3. The Morgan fingerprint density at radius 2 is 0.704 bits per heavy atom. The normalized spacial score (nSPS) is 16.3. The van der Waals surface area contributed by atoms with Crippen molar-refractivity contribution in [1.29, 1.82) is 15.8 Å². The molecule has 0 atom stereocenters. The molecule has 15 rings (SSSR count). The van der Waals surface area contributed by atoms with E-state index < -0.39 is 19.7 Å². The van der Waals surface area contributed by atoms with Crippen LogP contribution in [-0.2, 0) is 64.3 Å². The minimum atomic E-state index is -3.18. The van der Waals surface area contributed by atoms with Crippen LogP contribution in [0.4, 0.5) is 23.5 Å². The van der Waals surface area contributed by atoms with E-state index in [1.165, 1.54) is 23.6 Å². The number of nitrogen functional groups attached to an aromatic ring is 1. The molecule has 3 saturated heterocycles. The van der Waals surface area contributed by atoms with Gasteiger partial charge in [-0.05, 0) is 252 Å². The van der Waals surface area contributed by atoms with Gasteiger partial charge in [-0.1, -0.05) is 48.5 Å². The van der Waals surface area contributed by atoms with Crippen LogP contribution in [0.2, 0.25) is 0 Å². The lowest BCUT2D eigenvalue weighted by atomic mass is 10.0. The molecule has 9 heterocycles. The van der Waals surface area contributed by atoms with Crippen LogP contribution in [0.3, 0.4) is 0 Å². The third-order valence-corrected chi connectivity index (χ3v) is 26.8. The van der Waals surface area contributed by atoms with E-state index in [2.05, 4.69) is 61.0 Å². The number of nitrogens with zero attached hydrogens (tertiary/aromatic N) is 12. The second-order valence-electron chi connectivity index (χ2n) is 30.8. The van der Waals surface area contributed by atoms with Crippen LogP contribution in [0.15, 0.2) is 129 Å².